The molecule has 1 fully saturated rings. The Labute approximate surface area is 116 Å². The van der Waals surface area contributed by atoms with Crippen LogP contribution in [0.2, 0.25) is 0 Å². The average molecular weight is 272 g/mol. The van der Waals surface area contributed by atoms with Crippen molar-refractivity contribution in [2.24, 2.45) is 5.92 Å². The molecule has 20 heavy (non-hydrogen) atoms. The second-order valence-corrected chi connectivity index (χ2v) is 5.09. The van der Waals surface area contributed by atoms with Gasteiger partial charge < -0.3 is 10.3 Å². The molecule has 1 aromatic heterocycles. The molecule has 0 bridgehead atoms. The minimum atomic E-state index is -0.374. The number of benzene rings is 1. The van der Waals surface area contributed by atoms with Crippen LogP contribution in [0.3, 0.4) is 0 Å². The molecule has 0 unspecified atom stereocenters. The number of nitrogens with zero attached hydrogens (tertiary/aromatic N) is 2. The smallest absolute Gasteiger partial charge is 0.278 e. The quantitative estimate of drug-likeness (QED) is 0.625. The number of nitro benzene ring substituents is 1. The van der Waals surface area contributed by atoms with Crippen molar-refractivity contribution in [3.05, 3.63) is 46.4 Å². The fourth-order valence-electron chi connectivity index (χ4n) is 2.17. The molecule has 1 aromatic carbocycles. The molecule has 2 aromatic rings. The molecule has 3 rings (SSSR count). The molecule has 0 amide bonds. The summed E-state index contributed by atoms with van der Waals surface area (Å²) in [6.07, 6.45) is 4.27. The van der Waals surface area contributed by atoms with Gasteiger partial charge in [-0.3, -0.25) is 10.1 Å². The third kappa shape index (κ3) is 2.85. The monoisotopic (exact) mass is 272 g/mol. The predicted molar refractivity (Wildman–Crippen MR) is 75.1 cm³/mol. The molecule has 0 atom stereocenters. The van der Waals surface area contributed by atoms with Crippen LogP contribution >= 0.6 is 0 Å². The summed E-state index contributed by atoms with van der Waals surface area (Å²) in [5.41, 5.74) is 1.34. The Balaban J connectivity index is 1.73. The normalized spacial score (nSPS) is 14.4. The lowest BCUT2D eigenvalue weighted by Gasteiger charge is -2.01. The van der Waals surface area contributed by atoms with Gasteiger partial charge in [-0.1, -0.05) is 12.1 Å². The molecule has 6 nitrogen and oxygen atoms in total. The Morgan fingerprint density at radius 2 is 2.20 bits per heavy atom. The Hall–Kier alpha value is -2.21. The molecule has 1 aliphatic rings. The van der Waals surface area contributed by atoms with E-state index >= 15 is 0 Å². The van der Waals surface area contributed by atoms with Crippen LogP contribution in [0.15, 0.2) is 30.5 Å². The van der Waals surface area contributed by atoms with Gasteiger partial charge in [0.25, 0.3) is 5.69 Å². The molecule has 6 heteroatoms. The molecular formula is C14H16N4O2. The zero-order valence-electron chi connectivity index (χ0n) is 11.0. The number of hydrogen-bond acceptors (Lipinski definition) is 4. The Morgan fingerprint density at radius 1 is 1.40 bits per heavy atom. The number of hydrogen-bond donors (Lipinski definition) is 2. The third-order valence-corrected chi connectivity index (χ3v) is 3.44. The van der Waals surface area contributed by atoms with Crippen molar-refractivity contribution in [3.63, 3.8) is 0 Å². The van der Waals surface area contributed by atoms with Crippen LogP contribution in [0.5, 0.6) is 0 Å². The fourth-order valence-corrected chi connectivity index (χ4v) is 2.17. The van der Waals surface area contributed by atoms with Crippen LogP contribution in [0, 0.1) is 16.0 Å². The number of aromatic amines is 1. The van der Waals surface area contributed by atoms with Gasteiger partial charge in [0.05, 0.1) is 28.9 Å². The van der Waals surface area contributed by atoms with Crippen LogP contribution in [0.4, 0.5) is 5.69 Å². The van der Waals surface area contributed by atoms with E-state index in [1.54, 1.807) is 24.4 Å². The van der Waals surface area contributed by atoms with E-state index in [0.717, 1.165) is 18.3 Å². The molecule has 0 radical (unpaired) electrons. The first-order valence-corrected chi connectivity index (χ1v) is 6.72. The molecule has 0 spiro atoms. The lowest BCUT2D eigenvalue weighted by atomic mass is 10.1. The number of imidazole rings is 1. The van der Waals surface area contributed by atoms with Crippen molar-refractivity contribution in [2.75, 3.05) is 6.54 Å². The first kappa shape index (κ1) is 12.8. The number of rotatable bonds is 6. The summed E-state index contributed by atoms with van der Waals surface area (Å²) < 4.78 is 0. The van der Waals surface area contributed by atoms with Crippen molar-refractivity contribution >= 4 is 5.69 Å². The number of aromatic nitrogens is 2. The summed E-state index contributed by atoms with van der Waals surface area (Å²) in [4.78, 5) is 18.1. The predicted octanol–water partition coefficient (Wildman–Crippen LogP) is 2.48. The van der Waals surface area contributed by atoms with Gasteiger partial charge in [-0.15, -0.1) is 0 Å². The highest BCUT2D eigenvalue weighted by Gasteiger charge is 2.20. The van der Waals surface area contributed by atoms with Crippen LogP contribution < -0.4 is 5.32 Å². The zero-order valence-corrected chi connectivity index (χ0v) is 11.0. The maximum atomic E-state index is 11.0. The maximum Gasteiger partial charge on any atom is 0.278 e. The number of nitro groups is 1. The van der Waals surface area contributed by atoms with E-state index in [1.165, 1.54) is 18.9 Å². The molecule has 2 N–H and O–H groups in total. The van der Waals surface area contributed by atoms with E-state index in [-0.39, 0.29) is 10.6 Å². The van der Waals surface area contributed by atoms with E-state index in [0.29, 0.717) is 17.8 Å². The first-order valence-electron chi connectivity index (χ1n) is 6.72. The highest BCUT2D eigenvalue weighted by molar-refractivity contribution is 5.70. The molecule has 1 aliphatic carbocycles. The van der Waals surface area contributed by atoms with Gasteiger partial charge in [0.15, 0.2) is 0 Å². The van der Waals surface area contributed by atoms with E-state index in [9.17, 15) is 10.1 Å². The maximum absolute atomic E-state index is 11.0. The van der Waals surface area contributed by atoms with E-state index < -0.39 is 0 Å². The van der Waals surface area contributed by atoms with Gasteiger partial charge in [-0.25, -0.2) is 4.98 Å². The molecule has 104 valence electrons. The largest absolute Gasteiger partial charge is 0.341 e. The fraction of sp³-hybridized carbons (Fsp3) is 0.357. The van der Waals surface area contributed by atoms with Crippen molar-refractivity contribution < 1.29 is 4.92 Å². The standard InChI is InChI=1S/C14H16N4O2/c19-18(20)13-4-2-1-3-11(13)12-8-16-14(17-12)9-15-7-10-5-6-10/h1-4,8,10,15H,5-7,9H2,(H,16,17). The number of para-hydroxylation sites is 1. The Kier molecular flexibility index (Phi) is 3.47. The van der Waals surface area contributed by atoms with Gasteiger partial charge in [-0.2, -0.15) is 0 Å². The number of nitrogens with one attached hydrogen (secondary N) is 2. The van der Waals surface area contributed by atoms with Gasteiger partial charge in [-0.05, 0) is 31.4 Å². The third-order valence-electron chi connectivity index (χ3n) is 3.44. The summed E-state index contributed by atoms with van der Waals surface area (Å²) >= 11 is 0. The summed E-state index contributed by atoms with van der Waals surface area (Å²) in [6, 6.07) is 6.68. The zero-order chi connectivity index (χ0) is 13.9. The van der Waals surface area contributed by atoms with Crippen LogP contribution in [0.25, 0.3) is 11.3 Å². The second-order valence-electron chi connectivity index (χ2n) is 5.09. The minimum Gasteiger partial charge on any atom is -0.341 e. The van der Waals surface area contributed by atoms with Crippen LogP contribution in [-0.2, 0) is 6.54 Å². The van der Waals surface area contributed by atoms with Gasteiger partial charge in [0.1, 0.15) is 5.82 Å². The van der Waals surface area contributed by atoms with Crippen molar-refractivity contribution in [1.82, 2.24) is 15.3 Å². The highest BCUT2D eigenvalue weighted by Crippen LogP contribution is 2.28. The molecule has 0 saturated heterocycles. The van der Waals surface area contributed by atoms with E-state index in [4.69, 9.17) is 0 Å². The van der Waals surface area contributed by atoms with Gasteiger partial charge in [0.2, 0.25) is 0 Å². The summed E-state index contributed by atoms with van der Waals surface area (Å²) in [5, 5.41) is 14.4. The lowest BCUT2D eigenvalue weighted by Crippen LogP contribution is -2.16. The summed E-state index contributed by atoms with van der Waals surface area (Å²) in [7, 11) is 0. The molecule has 0 aliphatic heterocycles. The minimum absolute atomic E-state index is 0.0913. The topological polar surface area (TPSA) is 83.8 Å². The Bertz CT molecular complexity index is 619. The number of H-pyrrole nitrogens is 1. The lowest BCUT2D eigenvalue weighted by molar-refractivity contribution is -0.384. The average Bonchev–Trinajstić information content (AvgIpc) is 3.15. The molecular weight excluding hydrogens is 256 g/mol. The van der Waals surface area contributed by atoms with Crippen molar-refractivity contribution in [3.8, 4) is 11.3 Å². The molecule has 1 saturated carbocycles. The van der Waals surface area contributed by atoms with Crippen LogP contribution in [0.1, 0.15) is 18.7 Å². The SMILES string of the molecule is O=[N+]([O-])c1ccccc1-c1cnc(CNCC2CC2)[nH]1. The summed E-state index contributed by atoms with van der Waals surface area (Å²) in [5.74, 6) is 1.62. The van der Waals surface area contributed by atoms with Gasteiger partial charge >= 0.3 is 0 Å². The van der Waals surface area contributed by atoms with Crippen molar-refractivity contribution in [2.45, 2.75) is 19.4 Å². The first-order chi connectivity index (χ1) is 9.74. The summed E-state index contributed by atoms with van der Waals surface area (Å²) in [6.45, 7) is 1.68. The van der Waals surface area contributed by atoms with Crippen molar-refractivity contribution in [1.29, 1.82) is 0 Å². The van der Waals surface area contributed by atoms with E-state index in [1.807, 2.05) is 0 Å². The van der Waals surface area contributed by atoms with Gasteiger partial charge in [0, 0.05) is 6.07 Å². The molecule has 1 heterocycles. The van der Waals surface area contributed by atoms with Crippen LogP contribution in [-0.4, -0.2) is 21.4 Å². The Morgan fingerprint density at radius 3 is 2.95 bits per heavy atom. The second kappa shape index (κ2) is 5.42. The van der Waals surface area contributed by atoms with E-state index in [2.05, 4.69) is 15.3 Å². The highest BCUT2D eigenvalue weighted by atomic mass is 16.6.